The van der Waals surface area contributed by atoms with Gasteiger partial charge in [0.05, 0.1) is 30.9 Å². The van der Waals surface area contributed by atoms with E-state index >= 15 is 0 Å². The number of thiazole rings is 1. The van der Waals surface area contributed by atoms with E-state index in [-0.39, 0.29) is 29.8 Å². The largest absolute Gasteiger partial charge is 0.496 e. The van der Waals surface area contributed by atoms with Gasteiger partial charge in [0.15, 0.2) is 11.5 Å². The zero-order valence-electron chi connectivity index (χ0n) is 30.0. The first-order valence-electron chi connectivity index (χ1n) is 17.3. The molecule has 50 heavy (non-hydrogen) atoms. The van der Waals surface area contributed by atoms with Crippen molar-refractivity contribution in [1.29, 1.82) is 0 Å². The van der Waals surface area contributed by atoms with Gasteiger partial charge in [-0.1, -0.05) is 58.2 Å². The summed E-state index contributed by atoms with van der Waals surface area (Å²) in [5.41, 5.74) is 3.97. The van der Waals surface area contributed by atoms with E-state index in [0.29, 0.717) is 41.3 Å². The molecule has 1 aliphatic rings. The van der Waals surface area contributed by atoms with Crippen LogP contribution in [0.15, 0.2) is 40.7 Å². The molecule has 4 heterocycles. The maximum atomic E-state index is 14.2. The number of benzene rings is 1. The van der Waals surface area contributed by atoms with Crippen molar-refractivity contribution in [2.24, 2.45) is 0 Å². The van der Waals surface area contributed by atoms with Crippen molar-refractivity contribution >= 4 is 45.4 Å². The Balaban J connectivity index is 1.44. The van der Waals surface area contributed by atoms with Crippen LogP contribution in [0.2, 0.25) is 0 Å². The van der Waals surface area contributed by atoms with E-state index in [1.807, 2.05) is 51.3 Å². The average Bonchev–Trinajstić information content (AvgIpc) is 3.87. The van der Waals surface area contributed by atoms with Crippen LogP contribution in [0.25, 0.3) is 27.2 Å². The first kappa shape index (κ1) is 36.7. The number of nitrogens with one attached hydrogen (secondary N) is 1. The molecule has 12 heteroatoms. The molecule has 1 aliphatic heterocycles. The molecule has 3 atom stereocenters. The van der Waals surface area contributed by atoms with Crippen molar-refractivity contribution < 1.29 is 28.4 Å². The smallest absolute Gasteiger partial charge is 0.274 e. The number of hydrogen-bond acceptors (Lipinski definition) is 10. The Morgan fingerprint density at radius 2 is 1.88 bits per heavy atom. The number of ether oxygens (including phenoxy) is 2. The molecule has 0 aliphatic carbocycles. The third kappa shape index (κ3) is 8.07. The molecule has 5 rings (SSSR count). The number of allylic oxidation sites excluding steroid dienone is 1. The number of likely N-dealkylation sites (tertiary alicyclic amines) is 1. The number of carbonyl (C=O) groups excluding carboxylic acids is 3. The van der Waals surface area contributed by atoms with E-state index in [2.05, 4.69) is 24.0 Å². The van der Waals surface area contributed by atoms with E-state index in [1.165, 1.54) is 18.3 Å². The summed E-state index contributed by atoms with van der Waals surface area (Å²) in [5, 5.41) is 10.3. The van der Waals surface area contributed by atoms with E-state index in [4.69, 9.17) is 24.0 Å². The van der Waals surface area contributed by atoms with Crippen LogP contribution >= 0.6 is 11.3 Å². The predicted molar refractivity (Wildman–Crippen MR) is 195 cm³/mol. The fourth-order valence-corrected chi connectivity index (χ4v) is 7.07. The van der Waals surface area contributed by atoms with Gasteiger partial charge >= 0.3 is 0 Å². The van der Waals surface area contributed by atoms with Crippen LogP contribution in [-0.4, -0.2) is 69.5 Å². The van der Waals surface area contributed by atoms with E-state index in [1.54, 1.807) is 18.1 Å². The number of aromatic nitrogens is 3. The minimum Gasteiger partial charge on any atom is -0.496 e. The van der Waals surface area contributed by atoms with E-state index < -0.39 is 24.1 Å². The van der Waals surface area contributed by atoms with Crippen LogP contribution in [-0.2, 0) is 9.59 Å². The number of Topliss-reactive ketones (excluding diaryl/α,β-unsaturated/α-hetero) is 1. The van der Waals surface area contributed by atoms with E-state index in [9.17, 15) is 14.4 Å². The van der Waals surface area contributed by atoms with Crippen molar-refractivity contribution in [3.05, 3.63) is 58.9 Å². The minimum atomic E-state index is -0.838. The standard InChI is InChI=1S/C38H47N5O6S/c1-9-10-11-12-13-27(40-36(45)28-17-33(22(4)5)49-42-28)38(46)43-19-25(16-31(43)24(7)44)48-34-18-29(37-41-30(20-50-37)21(2)3)39-35-23(6)32(47-8)15-14-26(34)35/h14-15,17-18,20,22,25,27,31H,2,9-13,16,19H2,1,3-8H3,(H,40,45)/t25-,27+,31+/m1/s1. The quantitative estimate of drug-likeness (QED) is 0.125. The number of pyridine rings is 1. The monoisotopic (exact) mass is 701 g/mol. The van der Waals surface area contributed by atoms with Crippen molar-refractivity contribution in [1.82, 2.24) is 25.3 Å². The summed E-state index contributed by atoms with van der Waals surface area (Å²) in [6, 6.07) is 5.71. The molecule has 0 unspecified atom stereocenters. The number of carbonyl (C=O) groups is 3. The van der Waals surface area contributed by atoms with E-state index in [0.717, 1.165) is 52.9 Å². The van der Waals surface area contributed by atoms with Crippen LogP contribution in [0.1, 0.15) is 107 Å². The molecule has 4 aromatic rings. The summed E-state index contributed by atoms with van der Waals surface area (Å²) in [7, 11) is 1.62. The Morgan fingerprint density at radius 1 is 1.10 bits per heavy atom. The Kier molecular flexibility index (Phi) is 11.7. The van der Waals surface area contributed by atoms with Crippen molar-refractivity contribution in [3.63, 3.8) is 0 Å². The number of ketones is 1. The number of unbranched alkanes of at least 4 members (excludes halogenated alkanes) is 3. The highest BCUT2D eigenvalue weighted by atomic mass is 32.1. The fraction of sp³-hybridized carbons (Fsp3) is 0.474. The van der Waals surface area contributed by atoms with Crippen molar-refractivity contribution in [2.75, 3.05) is 13.7 Å². The molecule has 1 fully saturated rings. The molecule has 0 bridgehead atoms. The van der Waals surface area contributed by atoms with Crippen LogP contribution in [0, 0.1) is 6.92 Å². The van der Waals surface area contributed by atoms with Crippen LogP contribution in [0.5, 0.6) is 11.5 Å². The Hall–Kier alpha value is -4.58. The second kappa shape index (κ2) is 16.0. The number of fused-ring (bicyclic) bond motifs is 1. The molecule has 2 amide bonds. The van der Waals surface area contributed by atoms with Crippen LogP contribution in [0.4, 0.5) is 0 Å². The average molecular weight is 702 g/mol. The summed E-state index contributed by atoms with van der Waals surface area (Å²) in [6.45, 7) is 15.5. The first-order chi connectivity index (χ1) is 23.9. The zero-order chi connectivity index (χ0) is 36.1. The Morgan fingerprint density at radius 3 is 2.52 bits per heavy atom. The van der Waals surface area contributed by atoms with Gasteiger partial charge in [-0.2, -0.15) is 0 Å². The maximum Gasteiger partial charge on any atom is 0.274 e. The number of aryl methyl sites for hydroxylation is 1. The van der Waals surface area contributed by atoms with Gasteiger partial charge in [0.2, 0.25) is 5.91 Å². The SMILES string of the molecule is C=C(C)c1csc(-c2cc(O[C@@H]3C[C@@H](C(C)=O)N(C(=O)[C@H](CCCCCC)NC(=O)c4cc(C(C)C)on4)C3)c3ccc(OC)c(C)c3n2)n1. The van der Waals surface area contributed by atoms with Gasteiger partial charge in [-0.3, -0.25) is 14.4 Å². The molecule has 0 saturated carbocycles. The molecule has 1 saturated heterocycles. The van der Waals surface area contributed by atoms with Gasteiger partial charge in [0.25, 0.3) is 5.91 Å². The number of methoxy groups -OCH3 is 1. The predicted octanol–water partition coefficient (Wildman–Crippen LogP) is 7.53. The molecule has 11 nitrogen and oxygen atoms in total. The minimum absolute atomic E-state index is 0.0586. The number of nitrogens with zero attached hydrogens (tertiary/aromatic N) is 4. The molecule has 3 aromatic heterocycles. The molecule has 266 valence electrons. The third-order valence-corrected chi connectivity index (χ3v) is 9.98. The topological polar surface area (TPSA) is 137 Å². The molecule has 1 N–H and O–H groups in total. The summed E-state index contributed by atoms with van der Waals surface area (Å²) < 4.78 is 17.6. The lowest BCUT2D eigenvalue weighted by molar-refractivity contribution is -0.138. The number of amides is 2. The van der Waals surface area contributed by atoms with Gasteiger partial charge in [-0.05, 0) is 44.9 Å². The molecular weight excluding hydrogens is 655 g/mol. The normalized spacial score (nSPS) is 16.5. The highest BCUT2D eigenvalue weighted by Crippen LogP contribution is 2.38. The lowest BCUT2D eigenvalue weighted by Gasteiger charge is -2.28. The summed E-state index contributed by atoms with van der Waals surface area (Å²) in [5.74, 6) is 0.966. The second-order valence-electron chi connectivity index (χ2n) is 13.4. The van der Waals surface area contributed by atoms with Gasteiger partial charge in [-0.25, -0.2) is 9.97 Å². The highest BCUT2D eigenvalue weighted by Gasteiger charge is 2.42. The summed E-state index contributed by atoms with van der Waals surface area (Å²) >= 11 is 1.47. The van der Waals surface area contributed by atoms with Crippen molar-refractivity contribution in [3.8, 4) is 22.2 Å². The van der Waals surface area contributed by atoms with Crippen molar-refractivity contribution in [2.45, 2.75) is 104 Å². The number of hydrogen-bond donors (Lipinski definition) is 1. The molecule has 0 radical (unpaired) electrons. The lowest BCUT2D eigenvalue weighted by atomic mass is 10.0. The maximum absolute atomic E-state index is 14.2. The first-order valence-corrected chi connectivity index (χ1v) is 18.1. The molecule has 1 aromatic carbocycles. The van der Waals surface area contributed by atoms with Gasteiger partial charge in [-0.15, -0.1) is 11.3 Å². The Labute approximate surface area is 297 Å². The van der Waals surface area contributed by atoms with Gasteiger partial charge < -0.3 is 24.2 Å². The zero-order valence-corrected chi connectivity index (χ0v) is 30.8. The van der Waals surface area contributed by atoms with Crippen LogP contribution in [0.3, 0.4) is 0 Å². The Bertz CT molecular complexity index is 1880. The van der Waals surface area contributed by atoms with Gasteiger partial charge in [0, 0.05) is 40.8 Å². The van der Waals surface area contributed by atoms with Crippen LogP contribution < -0.4 is 14.8 Å². The van der Waals surface area contributed by atoms with Gasteiger partial charge in [0.1, 0.15) is 40.1 Å². The molecular formula is C38H47N5O6S. The second-order valence-corrected chi connectivity index (χ2v) is 14.2. The third-order valence-electron chi connectivity index (χ3n) is 9.12. The fourth-order valence-electron chi connectivity index (χ4n) is 6.22. The highest BCUT2D eigenvalue weighted by molar-refractivity contribution is 7.13. The number of rotatable bonds is 15. The summed E-state index contributed by atoms with van der Waals surface area (Å²) in [4.78, 5) is 51.8. The lowest BCUT2D eigenvalue weighted by Crippen LogP contribution is -2.51. The molecule has 0 spiro atoms. The summed E-state index contributed by atoms with van der Waals surface area (Å²) in [6.07, 6.45) is 3.99.